The van der Waals surface area contributed by atoms with E-state index in [1.165, 1.54) is 7.11 Å². The van der Waals surface area contributed by atoms with Gasteiger partial charge in [0.15, 0.2) is 18.1 Å². The summed E-state index contributed by atoms with van der Waals surface area (Å²) in [4.78, 5) is 40.6. The van der Waals surface area contributed by atoms with E-state index in [0.29, 0.717) is 61.8 Å². The molecule has 2 aromatic carbocycles. The third-order valence-electron chi connectivity index (χ3n) is 7.35. The number of rotatable bonds is 3. The second-order valence-corrected chi connectivity index (χ2v) is 10.1. The zero-order valence-electron chi connectivity index (χ0n) is 23.3. The summed E-state index contributed by atoms with van der Waals surface area (Å²) >= 11 is 0. The van der Waals surface area contributed by atoms with Gasteiger partial charge in [-0.05, 0) is 54.8 Å². The molecule has 0 spiro atoms. The van der Waals surface area contributed by atoms with Crippen LogP contribution in [0.25, 0.3) is 0 Å². The maximum Gasteiger partial charge on any atom is 0.272 e. The molecule has 0 radical (unpaired) electrons. The van der Waals surface area contributed by atoms with Crippen molar-refractivity contribution in [1.82, 2.24) is 25.3 Å². The topological polar surface area (TPSA) is 124 Å². The van der Waals surface area contributed by atoms with Crippen LogP contribution >= 0.6 is 0 Å². The highest BCUT2D eigenvalue weighted by Crippen LogP contribution is 2.29. The summed E-state index contributed by atoms with van der Waals surface area (Å²) in [5.74, 6) is 1.00. The Balaban J connectivity index is 1.38. The first kappa shape index (κ1) is 28.0. The molecular formula is C30H35N5O6. The number of amides is 3. The van der Waals surface area contributed by atoms with Crippen LogP contribution in [0.5, 0.6) is 17.2 Å². The van der Waals surface area contributed by atoms with Crippen LogP contribution in [-0.4, -0.2) is 71.4 Å². The van der Waals surface area contributed by atoms with Crippen LogP contribution in [0.15, 0.2) is 54.7 Å². The monoisotopic (exact) mass is 561 g/mol. The van der Waals surface area contributed by atoms with Gasteiger partial charge < -0.3 is 29.7 Å². The number of piperidine rings is 1. The average molecular weight is 562 g/mol. The van der Waals surface area contributed by atoms with Crippen LogP contribution in [0.1, 0.15) is 41.4 Å². The van der Waals surface area contributed by atoms with Gasteiger partial charge in [0.2, 0.25) is 5.91 Å². The highest BCUT2D eigenvalue weighted by molar-refractivity contribution is 5.92. The summed E-state index contributed by atoms with van der Waals surface area (Å²) in [6.45, 7) is 3.41. The summed E-state index contributed by atoms with van der Waals surface area (Å²) < 4.78 is 19.3. The Morgan fingerprint density at radius 1 is 1.07 bits per heavy atom. The van der Waals surface area contributed by atoms with Gasteiger partial charge in [-0.1, -0.05) is 18.2 Å². The molecule has 2 N–H and O–H groups in total. The van der Waals surface area contributed by atoms with Gasteiger partial charge >= 0.3 is 0 Å². The molecule has 1 fully saturated rings. The zero-order valence-corrected chi connectivity index (χ0v) is 23.3. The van der Waals surface area contributed by atoms with E-state index in [0.717, 1.165) is 11.1 Å². The SMILES string of the molecule is CCn1nccc1C(=O)N1CC[C@H]2Oc3ccc(cc3)CNC(=O)CCc3ccc(c(OC)c3)OCC(=O)N[C@@H]2C1. The Morgan fingerprint density at radius 3 is 2.66 bits per heavy atom. The Bertz CT molecular complexity index is 1390. The first-order valence-electron chi connectivity index (χ1n) is 13.9. The van der Waals surface area contributed by atoms with Gasteiger partial charge in [-0.15, -0.1) is 0 Å². The molecule has 41 heavy (non-hydrogen) atoms. The van der Waals surface area contributed by atoms with Crippen molar-refractivity contribution in [3.8, 4) is 17.2 Å². The summed E-state index contributed by atoms with van der Waals surface area (Å²) in [6, 6.07) is 14.2. The molecule has 5 aliphatic heterocycles. The number of aryl methyl sites for hydroxylation is 2. The molecule has 1 saturated heterocycles. The molecule has 5 aliphatic rings. The quantitative estimate of drug-likeness (QED) is 0.503. The lowest BCUT2D eigenvalue weighted by atomic mass is 10.0. The van der Waals surface area contributed by atoms with Crippen molar-refractivity contribution in [3.05, 3.63) is 71.5 Å². The summed E-state index contributed by atoms with van der Waals surface area (Å²) in [7, 11) is 1.53. The van der Waals surface area contributed by atoms with E-state index in [2.05, 4.69) is 15.7 Å². The van der Waals surface area contributed by atoms with Gasteiger partial charge in [-0.3, -0.25) is 19.1 Å². The lowest BCUT2D eigenvalue weighted by Gasteiger charge is -2.38. The van der Waals surface area contributed by atoms with Gasteiger partial charge in [0.1, 0.15) is 17.5 Å². The number of hydrogen-bond donors (Lipinski definition) is 2. The van der Waals surface area contributed by atoms with Gasteiger partial charge in [0.05, 0.1) is 13.2 Å². The number of nitrogens with one attached hydrogen (secondary N) is 2. The van der Waals surface area contributed by atoms with E-state index in [4.69, 9.17) is 14.2 Å². The van der Waals surface area contributed by atoms with E-state index in [1.807, 2.05) is 43.3 Å². The van der Waals surface area contributed by atoms with Crippen LogP contribution in [0.4, 0.5) is 0 Å². The fourth-order valence-electron chi connectivity index (χ4n) is 5.11. The van der Waals surface area contributed by atoms with Crippen molar-refractivity contribution in [1.29, 1.82) is 0 Å². The van der Waals surface area contributed by atoms with Crippen molar-refractivity contribution < 1.29 is 28.6 Å². The van der Waals surface area contributed by atoms with Crippen LogP contribution < -0.4 is 24.8 Å². The van der Waals surface area contributed by atoms with Crippen molar-refractivity contribution in [3.63, 3.8) is 0 Å². The maximum atomic E-state index is 13.3. The molecule has 0 unspecified atom stereocenters. The number of carbonyl (C=O) groups is 3. The molecule has 216 valence electrons. The number of benzene rings is 2. The lowest BCUT2D eigenvalue weighted by molar-refractivity contribution is -0.125. The number of carbonyl (C=O) groups excluding carboxylic acids is 3. The number of methoxy groups -OCH3 is 1. The lowest BCUT2D eigenvalue weighted by Crippen LogP contribution is -2.58. The fourth-order valence-corrected chi connectivity index (χ4v) is 5.11. The number of ether oxygens (including phenoxy) is 3. The molecule has 8 rings (SSSR count). The van der Waals surface area contributed by atoms with Crippen LogP contribution in [-0.2, 0) is 29.1 Å². The number of hydrogen-bond acceptors (Lipinski definition) is 7. The van der Waals surface area contributed by atoms with E-state index >= 15 is 0 Å². The highest BCUT2D eigenvalue weighted by atomic mass is 16.5. The van der Waals surface area contributed by atoms with Crippen LogP contribution in [0.2, 0.25) is 0 Å². The van der Waals surface area contributed by atoms with Crippen molar-refractivity contribution in [2.75, 3.05) is 26.8 Å². The van der Waals surface area contributed by atoms with Gasteiger partial charge in [-0.25, -0.2) is 0 Å². The van der Waals surface area contributed by atoms with E-state index < -0.39 is 6.04 Å². The number of aromatic nitrogens is 2. The minimum atomic E-state index is -0.476. The molecule has 3 amide bonds. The Kier molecular flexibility index (Phi) is 8.71. The average Bonchev–Trinajstić information content (AvgIpc) is 3.48. The minimum absolute atomic E-state index is 0.0539. The van der Waals surface area contributed by atoms with E-state index in [1.54, 1.807) is 27.9 Å². The standard InChI is InChI=1S/C30H35N5O6/c1-3-35-24(12-14-32-35)30(38)34-15-13-25-23(18-34)33-29(37)19-40-26-10-6-20(16-27(26)39-2)7-11-28(36)31-17-21-4-8-22(41-25)9-5-21/h4-6,8-10,12,14,16,23,25H,3,7,11,13,15,17-19H2,1-2H3,(H,31,36)(H,33,37)/t23-,25-/m1/s1. The fraction of sp³-hybridized carbons (Fsp3) is 0.400. The molecule has 4 bridgehead atoms. The second-order valence-electron chi connectivity index (χ2n) is 10.1. The molecule has 3 aromatic rings. The second kappa shape index (κ2) is 12.8. The Labute approximate surface area is 238 Å². The predicted octanol–water partition coefficient (Wildman–Crippen LogP) is 2.33. The van der Waals surface area contributed by atoms with Gasteiger partial charge in [0, 0.05) is 45.2 Å². The van der Waals surface area contributed by atoms with E-state index in [9.17, 15) is 14.4 Å². The Hall–Kier alpha value is -4.54. The predicted molar refractivity (Wildman–Crippen MR) is 150 cm³/mol. The number of likely N-dealkylation sites (tertiary alicyclic amines) is 1. The molecule has 1 aromatic heterocycles. The third kappa shape index (κ3) is 6.79. The summed E-state index contributed by atoms with van der Waals surface area (Å²) in [5.41, 5.74) is 2.37. The zero-order chi connectivity index (χ0) is 28.8. The van der Waals surface area contributed by atoms with Gasteiger partial charge in [0.25, 0.3) is 11.8 Å². The molecule has 11 heteroatoms. The molecule has 2 atom stereocenters. The maximum absolute atomic E-state index is 13.3. The Morgan fingerprint density at radius 2 is 1.88 bits per heavy atom. The molecular weight excluding hydrogens is 526 g/mol. The van der Waals surface area contributed by atoms with E-state index in [-0.39, 0.29) is 37.0 Å². The minimum Gasteiger partial charge on any atom is -0.493 e. The number of nitrogens with zero attached hydrogens (tertiary/aromatic N) is 3. The van der Waals surface area contributed by atoms with Crippen LogP contribution in [0.3, 0.4) is 0 Å². The molecule has 6 heterocycles. The third-order valence-corrected chi connectivity index (χ3v) is 7.35. The summed E-state index contributed by atoms with van der Waals surface area (Å²) in [5, 5.41) is 10.2. The van der Waals surface area contributed by atoms with Crippen molar-refractivity contribution in [2.45, 2.75) is 51.4 Å². The van der Waals surface area contributed by atoms with Gasteiger partial charge in [-0.2, -0.15) is 5.10 Å². The molecule has 0 aliphatic carbocycles. The largest absolute Gasteiger partial charge is 0.493 e. The molecule has 11 nitrogen and oxygen atoms in total. The normalized spacial score (nSPS) is 19.8. The summed E-state index contributed by atoms with van der Waals surface area (Å²) in [6.07, 6.45) is 2.62. The van der Waals surface area contributed by atoms with Crippen molar-refractivity contribution >= 4 is 17.7 Å². The highest BCUT2D eigenvalue weighted by Gasteiger charge is 2.35. The first-order chi connectivity index (χ1) is 19.9. The smallest absolute Gasteiger partial charge is 0.272 e. The van der Waals surface area contributed by atoms with Crippen LogP contribution in [0, 0.1) is 0 Å². The molecule has 0 saturated carbocycles. The van der Waals surface area contributed by atoms with Crippen molar-refractivity contribution in [2.24, 2.45) is 0 Å². The first-order valence-corrected chi connectivity index (χ1v) is 13.9.